The van der Waals surface area contributed by atoms with E-state index in [1.165, 1.54) is 6.07 Å². The van der Waals surface area contributed by atoms with Crippen molar-refractivity contribution in [3.05, 3.63) is 53.7 Å². The van der Waals surface area contributed by atoms with Crippen LogP contribution >= 0.6 is 0 Å². The van der Waals surface area contributed by atoms with Gasteiger partial charge < -0.3 is 13.7 Å². The zero-order valence-electron chi connectivity index (χ0n) is 12.1. The van der Waals surface area contributed by atoms with Crippen LogP contribution in [0.4, 0.5) is 0 Å². The summed E-state index contributed by atoms with van der Waals surface area (Å²) in [6.07, 6.45) is 0.945. The van der Waals surface area contributed by atoms with Crippen LogP contribution in [0.5, 0.6) is 0 Å². The Labute approximate surface area is 126 Å². The molecule has 0 radical (unpaired) electrons. The van der Waals surface area contributed by atoms with Crippen LogP contribution in [-0.2, 0) is 11.8 Å². The molecule has 0 aliphatic rings. The number of aromatic nitrogens is 2. The third kappa shape index (κ3) is 2.44. The molecule has 0 aliphatic carbocycles. The Balaban J connectivity index is 1.81. The number of hydrogen-bond donors (Lipinski definition) is 0. The third-order valence-electron chi connectivity index (χ3n) is 3.29. The van der Waals surface area contributed by atoms with Gasteiger partial charge in [-0.05, 0) is 25.1 Å². The summed E-state index contributed by atoms with van der Waals surface area (Å²) in [4.78, 5) is 16.5. The smallest absolute Gasteiger partial charge is 0.355 e. The molecule has 0 N–H and O–H groups in total. The molecule has 3 rings (SSSR count). The zero-order valence-corrected chi connectivity index (χ0v) is 12.1. The molecular weight excluding hydrogens is 282 g/mol. The molecule has 0 aliphatic heterocycles. The first kappa shape index (κ1) is 13.9. The van der Waals surface area contributed by atoms with Gasteiger partial charge in [-0.25, -0.2) is 9.78 Å². The highest BCUT2D eigenvalue weighted by Gasteiger charge is 2.21. The summed E-state index contributed by atoms with van der Waals surface area (Å²) < 4.78 is 12.5. The minimum absolute atomic E-state index is 0.305. The summed E-state index contributed by atoms with van der Waals surface area (Å²) in [6, 6.07) is 10.8. The van der Waals surface area contributed by atoms with Crippen molar-refractivity contribution >= 4 is 17.1 Å². The number of oxazole rings is 1. The number of rotatable bonds is 3. The maximum Gasteiger partial charge on any atom is 0.355 e. The molecule has 0 fully saturated rings. The lowest BCUT2D eigenvalue weighted by molar-refractivity contribution is 0.0271. The van der Waals surface area contributed by atoms with Gasteiger partial charge >= 0.3 is 5.97 Å². The number of benzene rings is 1. The molecular formula is C16H13N3O3. The average Bonchev–Trinajstić information content (AvgIpc) is 3.10. The summed E-state index contributed by atoms with van der Waals surface area (Å²) in [5.41, 5.74) is 2.07. The van der Waals surface area contributed by atoms with Crippen LogP contribution in [-0.4, -0.2) is 15.5 Å². The number of esters is 1. The molecule has 0 unspecified atom stereocenters. The monoisotopic (exact) mass is 295 g/mol. The van der Waals surface area contributed by atoms with Gasteiger partial charge in [-0.15, -0.1) is 0 Å². The predicted octanol–water partition coefficient (Wildman–Crippen LogP) is 2.96. The molecule has 1 aromatic carbocycles. The summed E-state index contributed by atoms with van der Waals surface area (Å²) in [7, 11) is 1.68. The van der Waals surface area contributed by atoms with Crippen molar-refractivity contribution in [2.24, 2.45) is 7.05 Å². The van der Waals surface area contributed by atoms with E-state index in [0.717, 1.165) is 0 Å². The van der Waals surface area contributed by atoms with E-state index in [2.05, 4.69) is 4.98 Å². The van der Waals surface area contributed by atoms with Crippen LogP contribution in [0.25, 0.3) is 11.1 Å². The number of carbonyl (C=O) groups is 1. The molecule has 0 saturated carbocycles. The number of fused-ring (bicyclic) bond motifs is 1. The third-order valence-corrected chi connectivity index (χ3v) is 3.29. The Bertz CT molecular complexity index is 853. The topological polar surface area (TPSA) is 81.0 Å². The van der Waals surface area contributed by atoms with Gasteiger partial charge in [-0.3, -0.25) is 0 Å². The second-order valence-electron chi connectivity index (χ2n) is 4.90. The highest BCUT2D eigenvalue weighted by Crippen LogP contribution is 2.23. The van der Waals surface area contributed by atoms with Crippen molar-refractivity contribution in [2.75, 3.05) is 0 Å². The fourth-order valence-corrected chi connectivity index (χ4v) is 2.16. The van der Waals surface area contributed by atoms with Crippen LogP contribution in [0.15, 0.2) is 40.9 Å². The molecule has 6 nitrogen and oxygen atoms in total. The fourth-order valence-electron chi connectivity index (χ4n) is 2.16. The molecule has 110 valence electrons. The van der Waals surface area contributed by atoms with E-state index >= 15 is 0 Å². The van der Waals surface area contributed by atoms with E-state index in [0.29, 0.717) is 28.2 Å². The number of aryl methyl sites for hydroxylation is 1. The normalized spacial score (nSPS) is 12.0. The Morgan fingerprint density at radius 3 is 2.91 bits per heavy atom. The molecule has 22 heavy (non-hydrogen) atoms. The summed E-state index contributed by atoms with van der Waals surface area (Å²) in [5, 5.41) is 8.86. The number of nitriles is 1. The lowest BCUT2D eigenvalue weighted by atomic mass is 10.3. The molecule has 0 saturated heterocycles. The van der Waals surface area contributed by atoms with Crippen LogP contribution in [0, 0.1) is 11.3 Å². The first-order valence-corrected chi connectivity index (χ1v) is 6.71. The average molecular weight is 295 g/mol. The second-order valence-corrected chi connectivity index (χ2v) is 4.90. The molecule has 0 spiro atoms. The molecule has 2 heterocycles. The second kappa shape index (κ2) is 5.37. The minimum Gasteiger partial charge on any atom is -0.448 e. The maximum atomic E-state index is 12.2. The van der Waals surface area contributed by atoms with Gasteiger partial charge in [0.1, 0.15) is 17.3 Å². The quantitative estimate of drug-likeness (QED) is 0.694. The number of carbonyl (C=O) groups excluding carboxylic acids is 1. The van der Waals surface area contributed by atoms with Crippen LogP contribution in [0.2, 0.25) is 0 Å². The fraction of sp³-hybridized carbons (Fsp3) is 0.188. The Kier molecular flexibility index (Phi) is 3.39. The first-order chi connectivity index (χ1) is 10.6. The SMILES string of the molecule is C[C@H](OC(=O)c1cc(C#N)cn1C)c1nc2ccccc2o1. The molecule has 6 heteroatoms. The molecule has 1 atom stereocenters. The largest absolute Gasteiger partial charge is 0.448 e. The highest BCUT2D eigenvalue weighted by molar-refractivity contribution is 5.88. The van der Waals surface area contributed by atoms with Crippen molar-refractivity contribution in [1.82, 2.24) is 9.55 Å². The summed E-state index contributed by atoms with van der Waals surface area (Å²) >= 11 is 0. The lowest BCUT2D eigenvalue weighted by Crippen LogP contribution is -2.12. The van der Waals surface area contributed by atoms with Gasteiger partial charge in [0, 0.05) is 13.2 Å². The van der Waals surface area contributed by atoms with Gasteiger partial charge in [0.25, 0.3) is 0 Å². The molecule has 0 amide bonds. The van der Waals surface area contributed by atoms with Gasteiger partial charge in [0.2, 0.25) is 5.89 Å². The minimum atomic E-state index is -0.625. The maximum absolute atomic E-state index is 12.2. The van der Waals surface area contributed by atoms with E-state index in [1.807, 2.05) is 24.3 Å². The number of nitrogens with zero attached hydrogens (tertiary/aromatic N) is 3. The van der Waals surface area contributed by atoms with E-state index < -0.39 is 12.1 Å². The molecule has 2 aromatic heterocycles. The van der Waals surface area contributed by atoms with Crippen LogP contribution in [0.1, 0.15) is 35.0 Å². The zero-order chi connectivity index (χ0) is 15.7. The van der Waals surface area contributed by atoms with E-state index in [1.54, 1.807) is 30.8 Å². The molecule has 3 aromatic rings. The lowest BCUT2D eigenvalue weighted by Gasteiger charge is -2.09. The number of hydrogen-bond acceptors (Lipinski definition) is 5. The van der Waals surface area contributed by atoms with Crippen molar-refractivity contribution < 1.29 is 13.9 Å². The predicted molar refractivity (Wildman–Crippen MR) is 78.0 cm³/mol. The van der Waals surface area contributed by atoms with Crippen molar-refractivity contribution in [3.63, 3.8) is 0 Å². The Hall–Kier alpha value is -3.07. The van der Waals surface area contributed by atoms with Crippen molar-refractivity contribution in [1.29, 1.82) is 5.26 Å². The van der Waals surface area contributed by atoms with Gasteiger partial charge in [0.05, 0.1) is 5.56 Å². The van der Waals surface area contributed by atoms with Crippen molar-refractivity contribution in [3.8, 4) is 6.07 Å². The van der Waals surface area contributed by atoms with Gasteiger partial charge in [0.15, 0.2) is 11.7 Å². The van der Waals surface area contributed by atoms with Crippen LogP contribution < -0.4 is 0 Å². The Morgan fingerprint density at radius 2 is 2.23 bits per heavy atom. The molecule has 0 bridgehead atoms. The first-order valence-electron chi connectivity index (χ1n) is 6.71. The van der Waals surface area contributed by atoms with Gasteiger partial charge in [-0.2, -0.15) is 5.26 Å². The Morgan fingerprint density at radius 1 is 1.45 bits per heavy atom. The van der Waals surface area contributed by atoms with Gasteiger partial charge in [-0.1, -0.05) is 12.1 Å². The highest BCUT2D eigenvalue weighted by atomic mass is 16.6. The standard InChI is InChI=1S/C16H13N3O3/c1-10(15-18-12-5-3-4-6-14(12)22-15)21-16(20)13-7-11(8-17)9-19(13)2/h3-7,9-10H,1-2H3/t10-/m0/s1. The summed E-state index contributed by atoms with van der Waals surface area (Å²) in [6.45, 7) is 1.69. The summed E-state index contributed by atoms with van der Waals surface area (Å²) in [5.74, 6) is -0.192. The number of ether oxygens (including phenoxy) is 1. The van der Waals surface area contributed by atoms with E-state index in [-0.39, 0.29) is 0 Å². The van der Waals surface area contributed by atoms with Crippen LogP contribution in [0.3, 0.4) is 0 Å². The number of para-hydroxylation sites is 2. The van der Waals surface area contributed by atoms with E-state index in [9.17, 15) is 4.79 Å². The van der Waals surface area contributed by atoms with Crippen molar-refractivity contribution in [2.45, 2.75) is 13.0 Å². The van der Waals surface area contributed by atoms with E-state index in [4.69, 9.17) is 14.4 Å².